The number of amides is 4. The average Bonchev–Trinajstić information content (AvgIpc) is 2.75. The maximum atomic E-state index is 12.5. The van der Waals surface area contributed by atoms with Gasteiger partial charge in [0, 0.05) is 18.6 Å². The number of esters is 1. The number of likely N-dealkylation sites (tertiary alicyclic amines) is 1. The predicted molar refractivity (Wildman–Crippen MR) is 118 cm³/mol. The van der Waals surface area contributed by atoms with Crippen LogP contribution in [0.15, 0.2) is 24.3 Å². The highest BCUT2D eigenvalue weighted by Crippen LogP contribution is 2.23. The molecule has 4 amide bonds. The Morgan fingerprint density at radius 2 is 1.66 bits per heavy atom. The highest BCUT2D eigenvalue weighted by atomic mass is 16.5. The summed E-state index contributed by atoms with van der Waals surface area (Å²) in [5.74, 6) is -0.792. The summed E-state index contributed by atoms with van der Waals surface area (Å²) < 4.78 is 10.5. The zero-order chi connectivity index (χ0) is 23.7. The Bertz CT molecular complexity index is 798. The number of benzene rings is 1. The molecular weight excluding hydrogens is 414 g/mol. The van der Waals surface area contributed by atoms with Crippen molar-refractivity contribution in [1.29, 1.82) is 0 Å². The zero-order valence-electron chi connectivity index (χ0n) is 19.2. The number of carbonyl (C=O) groups excluding carboxylic acids is 4. The summed E-state index contributed by atoms with van der Waals surface area (Å²) in [6.45, 7) is 7.72. The summed E-state index contributed by atoms with van der Waals surface area (Å²) in [5.41, 5.74) is 0.221. The van der Waals surface area contributed by atoms with Crippen LogP contribution in [-0.4, -0.2) is 60.6 Å². The van der Waals surface area contributed by atoms with Crippen molar-refractivity contribution in [3.63, 3.8) is 0 Å². The number of urea groups is 1. The van der Waals surface area contributed by atoms with Crippen LogP contribution in [0.2, 0.25) is 0 Å². The lowest BCUT2D eigenvalue weighted by Crippen LogP contribution is -2.49. The van der Waals surface area contributed by atoms with Crippen LogP contribution in [0.5, 0.6) is 5.75 Å². The number of carbonyl (C=O) groups is 4. The van der Waals surface area contributed by atoms with E-state index in [0.717, 1.165) is 19.3 Å². The molecule has 0 aromatic heterocycles. The van der Waals surface area contributed by atoms with Crippen LogP contribution in [0, 0.1) is 5.92 Å². The number of nitrogens with one attached hydrogen (secondary N) is 2. The van der Waals surface area contributed by atoms with Crippen molar-refractivity contribution in [3.8, 4) is 5.75 Å². The minimum atomic E-state index is -0.723. The number of piperidine rings is 1. The van der Waals surface area contributed by atoms with Gasteiger partial charge in [0.05, 0.1) is 5.56 Å². The number of hydrogen-bond acceptors (Lipinski definition) is 6. The van der Waals surface area contributed by atoms with Crippen LogP contribution in [0.3, 0.4) is 0 Å². The Hall–Kier alpha value is -3.10. The molecular formula is C23H33N3O6. The molecule has 2 rings (SSSR count). The second-order valence-electron chi connectivity index (χ2n) is 8.47. The summed E-state index contributed by atoms with van der Waals surface area (Å²) >= 11 is 0. The number of nitrogens with zero attached hydrogens (tertiary/aromatic N) is 1. The zero-order valence-corrected chi connectivity index (χ0v) is 19.2. The fraction of sp³-hybridized carbons (Fsp3) is 0.565. The molecule has 1 aliphatic rings. The third-order valence-electron chi connectivity index (χ3n) is 5.19. The van der Waals surface area contributed by atoms with Crippen LogP contribution in [0.25, 0.3) is 0 Å². The molecule has 9 heteroatoms. The first-order valence-corrected chi connectivity index (χ1v) is 11.0. The Balaban J connectivity index is 1.76. The molecule has 0 saturated carbocycles. The standard InChI is InChI=1S/C23H33N3O6/c1-15(2)12-24-23(30)25-20(27)13-32-22(29)18-8-10-19(11-9-18)31-14-21(28)26-16(3)6-5-7-17(26)4/h8-11,15-17H,5-7,12-14H2,1-4H3,(H2,24,25,27,30). The SMILES string of the molecule is CC(C)CNC(=O)NC(=O)COC(=O)c1ccc(OCC(=O)N2C(C)CCCC2C)cc1. The van der Waals surface area contributed by atoms with Crippen LogP contribution in [-0.2, 0) is 14.3 Å². The molecule has 1 heterocycles. The van der Waals surface area contributed by atoms with Crippen molar-refractivity contribution in [2.24, 2.45) is 5.92 Å². The molecule has 1 aliphatic heterocycles. The minimum absolute atomic E-state index is 0.0587. The summed E-state index contributed by atoms with van der Waals surface area (Å²) in [6.07, 6.45) is 3.11. The van der Waals surface area contributed by atoms with Crippen LogP contribution >= 0.6 is 0 Å². The van der Waals surface area contributed by atoms with Crippen molar-refractivity contribution in [1.82, 2.24) is 15.5 Å². The fourth-order valence-electron chi connectivity index (χ4n) is 3.54. The highest BCUT2D eigenvalue weighted by molar-refractivity contribution is 5.97. The predicted octanol–water partition coefficient (Wildman–Crippen LogP) is 2.49. The van der Waals surface area contributed by atoms with Crippen molar-refractivity contribution >= 4 is 23.8 Å². The monoisotopic (exact) mass is 447 g/mol. The van der Waals surface area contributed by atoms with E-state index in [0.29, 0.717) is 12.3 Å². The molecule has 1 aromatic rings. The van der Waals surface area contributed by atoms with Crippen LogP contribution in [0.4, 0.5) is 4.79 Å². The van der Waals surface area contributed by atoms with E-state index in [9.17, 15) is 19.2 Å². The van der Waals surface area contributed by atoms with E-state index < -0.39 is 24.5 Å². The summed E-state index contributed by atoms with van der Waals surface area (Å²) in [7, 11) is 0. The van der Waals surface area contributed by atoms with E-state index in [1.807, 2.05) is 32.6 Å². The van der Waals surface area contributed by atoms with Crippen molar-refractivity contribution in [3.05, 3.63) is 29.8 Å². The van der Waals surface area contributed by atoms with Gasteiger partial charge in [0.1, 0.15) is 5.75 Å². The van der Waals surface area contributed by atoms with Gasteiger partial charge in [-0.05, 0) is 63.3 Å². The lowest BCUT2D eigenvalue weighted by atomic mass is 9.97. The van der Waals surface area contributed by atoms with Crippen molar-refractivity contribution < 1.29 is 28.7 Å². The molecule has 32 heavy (non-hydrogen) atoms. The van der Waals surface area contributed by atoms with Gasteiger partial charge < -0.3 is 19.7 Å². The second kappa shape index (κ2) is 12.1. The lowest BCUT2D eigenvalue weighted by molar-refractivity contribution is -0.139. The maximum Gasteiger partial charge on any atom is 0.338 e. The van der Waals surface area contributed by atoms with Crippen LogP contribution < -0.4 is 15.4 Å². The van der Waals surface area contributed by atoms with Gasteiger partial charge in [-0.1, -0.05) is 13.8 Å². The van der Waals surface area contributed by atoms with Crippen molar-refractivity contribution in [2.45, 2.75) is 59.0 Å². The third kappa shape index (κ3) is 7.86. The largest absolute Gasteiger partial charge is 0.484 e. The molecule has 1 fully saturated rings. The molecule has 1 saturated heterocycles. The number of hydrogen-bond donors (Lipinski definition) is 2. The first-order valence-electron chi connectivity index (χ1n) is 11.0. The van der Waals surface area contributed by atoms with Crippen LogP contribution in [0.1, 0.15) is 57.3 Å². The number of imide groups is 1. The van der Waals surface area contributed by atoms with E-state index in [1.165, 1.54) is 12.1 Å². The second-order valence-corrected chi connectivity index (χ2v) is 8.47. The Kier molecular flexibility index (Phi) is 9.49. The molecule has 2 atom stereocenters. The molecule has 2 N–H and O–H groups in total. The van der Waals surface area contributed by atoms with Gasteiger partial charge in [0.2, 0.25) is 0 Å². The van der Waals surface area contributed by atoms with E-state index in [-0.39, 0.29) is 36.1 Å². The molecule has 0 bridgehead atoms. The van der Waals surface area contributed by atoms with Gasteiger partial charge >= 0.3 is 12.0 Å². The van der Waals surface area contributed by atoms with E-state index >= 15 is 0 Å². The third-order valence-corrected chi connectivity index (χ3v) is 5.19. The molecule has 176 valence electrons. The molecule has 2 unspecified atom stereocenters. The van der Waals surface area contributed by atoms with Gasteiger partial charge in [0.15, 0.2) is 13.2 Å². The van der Waals surface area contributed by atoms with E-state index in [4.69, 9.17) is 9.47 Å². The van der Waals surface area contributed by atoms with E-state index in [1.54, 1.807) is 12.1 Å². The highest BCUT2D eigenvalue weighted by Gasteiger charge is 2.29. The topological polar surface area (TPSA) is 114 Å². The molecule has 1 aromatic carbocycles. The first-order chi connectivity index (χ1) is 15.2. The number of ether oxygens (including phenoxy) is 2. The van der Waals surface area contributed by atoms with Gasteiger partial charge in [-0.2, -0.15) is 0 Å². The summed E-state index contributed by atoms with van der Waals surface area (Å²) in [6, 6.07) is 5.86. The van der Waals surface area contributed by atoms with Gasteiger partial charge in [-0.15, -0.1) is 0 Å². The lowest BCUT2D eigenvalue weighted by Gasteiger charge is -2.38. The maximum absolute atomic E-state index is 12.5. The molecule has 0 aliphatic carbocycles. The quantitative estimate of drug-likeness (QED) is 0.592. The van der Waals surface area contributed by atoms with Crippen molar-refractivity contribution in [2.75, 3.05) is 19.8 Å². The van der Waals surface area contributed by atoms with Gasteiger partial charge in [-0.25, -0.2) is 9.59 Å². The molecule has 0 spiro atoms. The minimum Gasteiger partial charge on any atom is -0.484 e. The first kappa shape index (κ1) is 25.2. The summed E-state index contributed by atoms with van der Waals surface area (Å²) in [4.78, 5) is 49.7. The Labute approximate surface area is 188 Å². The average molecular weight is 448 g/mol. The Morgan fingerprint density at radius 3 is 2.25 bits per heavy atom. The fourth-order valence-corrected chi connectivity index (χ4v) is 3.54. The summed E-state index contributed by atoms with van der Waals surface area (Å²) in [5, 5.41) is 4.62. The smallest absolute Gasteiger partial charge is 0.338 e. The van der Waals surface area contributed by atoms with Gasteiger partial charge in [0.25, 0.3) is 11.8 Å². The molecule has 0 radical (unpaired) electrons. The van der Waals surface area contributed by atoms with Gasteiger partial charge in [-0.3, -0.25) is 14.9 Å². The molecule has 9 nitrogen and oxygen atoms in total. The van der Waals surface area contributed by atoms with E-state index in [2.05, 4.69) is 10.6 Å². The number of rotatable bonds is 8. The Morgan fingerprint density at radius 1 is 1.03 bits per heavy atom. The normalized spacial score (nSPS) is 18.1.